The Morgan fingerprint density at radius 1 is 1.56 bits per heavy atom. The number of nitrogens with one attached hydrogen (secondary N) is 1. The van der Waals surface area contributed by atoms with Gasteiger partial charge in [-0.2, -0.15) is 0 Å². The molecule has 0 aromatic heterocycles. The van der Waals surface area contributed by atoms with Crippen LogP contribution in [0.2, 0.25) is 0 Å². The fraction of sp³-hybridized carbons (Fsp3) is 0.200. The van der Waals surface area contributed by atoms with E-state index in [0.29, 0.717) is 5.17 Å². The highest BCUT2D eigenvalue weighted by Gasteiger charge is 1.77. The predicted molar refractivity (Wildman–Crippen MR) is 41.7 cm³/mol. The molecule has 0 atom stereocenters. The van der Waals surface area contributed by atoms with Crippen molar-refractivity contribution >= 4 is 33.5 Å². The Bertz CT molecular complexity index is 156. The van der Waals surface area contributed by atoms with Crippen molar-refractivity contribution in [2.45, 2.75) is 6.92 Å². The molecule has 0 aliphatic carbocycles. The minimum atomic E-state index is -0.0586. The zero-order valence-corrected chi connectivity index (χ0v) is 6.37. The second kappa shape index (κ2) is 4.53. The van der Waals surface area contributed by atoms with Crippen LogP contribution in [0.3, 0.4) is 0 Å². The maximum Gasteiger partial charge on any atom is 0.122 e. The lowest BCUT2D eigenvalue weighted by atomic mass is 10.6. The lowest BCUT2D eigenvalue weighted by Crippen LogP contribution is -1.74. The van der Waals surface area contributed by atoms with Gasteiger partial charge in [0.25, 0.3) is 0 Å². The number of rotatable bonds is 2. The summed E-state index contributed by atoms with van der Waals surface area (Å²) in [5, 5.41) is 7.07. The molecule has 0 saturated heterocycles. The van der Waals surface area contributed by atoms with Gasteiger partial charge in [0.15, 0.2) is 0 Å². The van der Waals surface area contributed by atoms with Gasteiger partial charge in [-0.15, -0.1) is 0 Å². The van der Waals surface area contributed by atoms with Crippen molar-refractivity contribution in [3.05, 3.63) is 12.3 Å². The van der Waals surface area contributed by atoms with Crippen molar-refractivity contribution in [3.63, 3.8) is 0 Å². The molecule has 0 radical (unpaired) electrons. The van der Waals surface area contributed by atoms with Gasteiger partial charge < -0.3 is 0 Å². The van der Waals surface area contributed by atoms with Crippen LogP contribution in [0.25, 0.3) is 0 Å². The molecule has 4 heteroatoms. The average Bonchev–Trinajstić information content (AvgIpc) is 1.63. The molecule has 0 spiro atoms. The molecule has 1 N–H and O–H groups in total. The lowest BCUT2D eigenvalue weighted by molar-refractivity contribution is 1.53. The van der Waals surface area contributed by atoms with Crippen molar-refractivity contribution in [1.29, 1.82) is 5.41 Å². The normalized spacial score (nSPS) is 12.6. The largest absolute Gasteiger partial charge is 0.289 e. The Morgan fingerprint density at radius 3 is 2.44 bits per heavy atom. The summed E-state index contributed by atoms with van der Waals surface area (Å²) in [7, 11) is 0. The lowest BCUT2D eigenvalue weighted by Gasteiger charge is -1.78. The highest BCUT2D eigenvalue weighted by Crippen LogP contribution is 1.87. The molecule has 0 heterocycles. The van der Waals surface area contributed by atoms with Crippen molar-refractivity contribution in [3.8, 4) is 0 Å². The summed E-state index contributed by atoms with van der Waals surface area (Å²) in [5.74, 6) is 0. The van der Waals surface area contributed by atoms with Gasteiger partial charge in [-0.1, -0.05) is 23.2 Å². The molecule has 9 heavy (non-hydrogen) atoms. The maximum absolute atomic E-state index is 6.70. The zero-order chi connectivity index (χ0) is 7.28. The molecule has 0 aromatic rings. The number of hydrogen-bond donors (Lipinski definition) is 1. The minimum Gasteiger partial charge on any atom is -0.289 e. The maximum atomic E-state index is 6.70. The number of allylic oxidation sites excluding steroid dienone is 1. The second-order valence-corrected chi connectivity index (χ2v) is 2.24. The molecular weight excluding hydrogens is 159 g/mol. The van der Waals surface area contributed by atoms with E-state index in [9.17, 15) is 0 Å². The first kappa shape index (κ1) is 8.66. The topological polar surface area (TPSA) is 36.2 Å². The molecule has 0 aliphatic rings. The third-order valence-electron chi connectivity index (χ3n) is 0.473. The Kier molecular flexibility index (Phi) is 4.36. The molecule has 0 fully saturated rings. The van der Waals surface area contributed by atoms with Crippen LogP contribution in [0.1, 0.15) is 6.92 Å². The van der Waals surface area contributed by atoms with Crippen molar-refractivity contribution in [1.82, 2.24) is 0 Å². The number of aliphatic imine (C=N–C) groups is 1. The van der Waals surface area contributed by atoms with Crippen LogP contribution in [0, 0.1) is 5.41 Å². The van der Waals surface area contributed by atoms with Crippen LogP contribution < -0.4 is 0 Å². The molecule has 2 nitrogen and oxygen atoms in total. The first-order valence-corrected chi connectivity index (χ1v) is 2.99. The monoisotopic (exact) mass is 164 g/mol. The van der Waals surface area contributed by atoms with E-state index in [1.54, 1.807) is 6.92 Å². The van der Waals surface area contributed by atoms with Gasteiger partial charge in [0.2, 0.25) is 0 Å². The SMILES string of the molecule is CC(Cl)=N/C=C\C(=N)Cl. The van der Waals surface area contributed by atoms with Gasteiger partial charge in [0.1, 0.15) is 10.3 Å². The summed E-state index contributed by atoms with van der Waals surface area (Å²) < 4.78 is 0. The molecule has 0 aromatic carbocycles. The van der Waals surface area contributed by atoms with E-state index >= 15 is 0 Å². The van der Waals surface area contributed by atoms with E-state index in [-0.39, 0.29) is 5.17 Å². The van der Waals surface area contributed by atoms with E-state index in [4.69, 9.17) is 28.6 Å². The van der Waals surface area contributed by atoms with E-state index in [1.165, 1.54) is 12.3 Å². The number of nitrogens with zero attached hydrogens (tertiary/aromatic N) is 1. The molecule has 0 bridgehead atoms. The van der Waals surface area contributed by atoms with Crippen LogP contribution in [0.15, 0.2) is 17.3 Å². The summed E-state index contributed by atoms with van der Waals surface area (Å²) in [6.45, 7) is 1.64. The summed E-state index contributed by atoms with van der Waals surface area (Å²) in [6, 6.07) is 0. The van der Waals surface area contributed by atoms with Crippen molar-refractivity contribution < 1.29 is 0 Å². The first-order valence-electron chi connectivity index (χ1n) is 2.23. The van der Waals surface area contributed by atoms with E-state index < -0.39 is 0 Å². The van der Waals surface area contributed by atoms with Gasteiger partial charge in [0, 0.05) is 6.20 Å². The molecule has 0 unspecified atom stereocenters. The summed E-state index contributed by atoms with van der Waals surface area (Å²) in [6.07, 6.45) is 2.71. The summed E-state index contributed by atoms with van der Waals surface area (Å²) in [4.78, 5) is 3.64. The van der Waals surface area contributed by atoms with Crippen LogP contribution in [-0.4, -0.2) is 10.3 Å². The van der Waals surface area contributed by atoms with E-state index in [0.717, 1.165) is 0 Å². The standard InChI is InChI=1S/C5H6Cl2N2/c1-4(6)9-3-2-5(7)8/h2-3,8H,1H3/b3-2-,8-5?,9-4?. The molecule has 0 aliphatic heterocycles. The Morgan fingerprint density at radius 2 is 2.11 bits per heavy atom. The van der Waals surface area contributed by atoms with Crippen molar-refractivity contribution in [2.24, 2.45) is 4.99 Å². The summed E-state index contributed by atoms with van der Waals surface area (Å²) in [5.41, 5.74) is 0. The average molecular weight is 165 g/mol. The quantitative estimate of drug-likeness (QED) is 0.609. The van der Waals surface area contributed by atoms with Crippen LogP contribution >= 0.6 is 23.2 Å². The van der Waals surface area contributed by atoms with Gasteiger partial charge in [-0.05, 0) is 13.0 Å². The molecular formula is C5H6Cl2N2. The third-order valence-corrected chi connectivity index (χ3v) is 0.697. The fourth-order valence-electron chi connectivity index (χ4n) is 0.205. The Balaban J connectivity index is 3.74. The van der Waals surface area contributed by atoms with Gasteiger partial charge >= 0.3 is 0 Å². The molecule has 0 amide bonds. The second-order valence-electron chi connectivity index (χ2n) is 1.29. The van der Waals surface area contributed by atoms with Crippen LogP contribution in [0.4, 0.5) is 0 Å². The first-order chi connectivity index (χ1) is 4.13. The number of halogens is 2. The summed E-state index contributed by atoms with van der Waals surface area (Å²) >= 11 is 10.5. The van der Waals surface area contributed by atoms with Crippen LogP contribution in [-0.2, 0) is 0 Å². The van der Waals surface area contributed by atoms with E-state index in [2.05, 4.69) is 4.99 Å². The smallest absolute Gasteiger partial charge is 0.122 e. The number of hydrogen-bond acceptors (Lipinski definition) is 2. The third kappa shape index (κ3) is 7.66. The minimum absolute atomic E-state index is 0.0586. The van der Waals surface area contributed by atoms with Gasteiger partial charge in [0.05, 0.1) is 0 Å². The van der Waals surface area contributed by atoms with E-state index in [1.807, 2.05) is 0 Å². The fourth-order valence-corrected chi connectivity index (χ4v) is 0.318. The van der Waals surface area contributed by atoms with Gasteiger partial charge in [-0.25, -0.2) is 4.99 Å². The van der Waals surface area contributed by atoms with Crippen molar-refractivity contribution in [2.75, 3.05) is 0 Å². The molecule has 0 saturated carbocycles. The predicted octanol–water partition coefficient (Wildman–Crippen LogP) is 2.37. The highest BCUT2D eigenvalue weighted by molar-refractivity contribution is 6.67. The molecule has 0 rings (SSSR count). The van der Waals surface area contributed by atoms with Crippen LogP contribution in [0.5, 0.6) is 0 Å². The molecule has 50 valence electrons. The highest BCUT2D eigenvalue weighted by atomic mass is 35.5. The Labute approximate surface area is 63.7 Å². The Hall–Kier alpha value is -0.340. The van der Waals surface area contributed by atoms with Gasteiger partial charge in [-0.3, -0.25) is 5.41 Å². The zero-order valence-electron chi connectivity index (χ0n) is 4.86.